The van der Waals surface area contributed by atoms with Crippen LogP contribution in [0.2, 0.25) is 0 Å². The van der Waals surface area contributed by atoms with E-state index in [0.717, 1.165) is 24.9 Å². The molecule has 0 aliphatic carbocycles. The maximum absolute atomic E-state index is 12.3. The zero-order valence-electron chi connectivity index (χ0n) is 12.8. The molecule has 4 heteroatoms. The monoisotopic (exact) mass is 290 g/mol. The second-order valence-corrected chi connectivity index (χ2v) is 5.89. The molecule has 0 spiro atoms. The molecule has 1 amide bonds. The highest BCUT2D eigenvalue weighted by molar-refractivity contribution is 5.76. The van der Waals surface area contributed by atoms with Crippen molar-refractivity contribution >= 4 is 5.91 Å². The molecule has 1 aliphatic heterocycles. The van der Waals surface area contributed by atoms with Crippen LogP contribution in [0.1, 0.15) is 31.7 Å². The number of rotatable bonds is 6. The van der Waals surface area contributed by atoms with E-state index in [1.54, 1.807) is 0 Å². The fourth-order valence-corrected chi connectivity index (χ4v) is 2.87. The van der Waals surface area contributed by atoms with E-state index in [4.69, 9.17) is 10.5 Å². The molecule has 1 fully saturated rings. The lowest BCUT2D eigenvalue weighted by Gasteiger charge is -2.38. The molecule has 116 valence electrons. The van der Waals surface area contributed by atoms with Crippen LogP contribution >= 0.6 is 0 Å². The summed E-state index contributed by atoms with van der Waals surface area (Å²) in [6.07, 6.45) is 2.54. The summed E-state index contributed by atoms with van der Waals surface area (Å²) in [4.78, 5) is 14.2. The Labute approximate surface area is 127 Å². The number of piperidine rings is 1. The third-order valence-corrected chi connectivity index (χ3v) is 4.14. The first kappa shape index (κ1) is 16.0. The van der Waals surface area contributed by atoms with Gasteiger partial charge in [-0.05, 0) is 24.3 Å². The fourth-order valence-electron chi connectivity index (χ4n) is 2.87. The molecule has 2 N–H and O–H groups in total. The van der Waals surface area contributed by atoms with Gasteiger partial charge in [0.15, 0.2) is 0 Å². The topological polar surface area (TPSA) is 55.6 Å². The molecule has 0 radical (unpaired) electrons. The van der Waals surface area contributed by atoms with Gasteiger partial charge >= 0.3 is 0 Å². The Kier molecular flexibility index (Phi) is 6.21. The molecule has 1 heterocycles. The van der Waals surface area contributed by atoms with Crippen LogP contribution in [0.3, 0.4) is 0 Å². The van der Waals surface area contributed by atoms with Crippen LogP contribution in [-0.4, -0.2) is 36.5 Å². The van der Waals surface area contributed by atoms with E-state index in [-0.39, 0.29) is 11.9 Å². The zero-order valence-corrected chi connectivity index (χ0v) is 12.8. The highest BCUT2D eigenvalue weighted by Crippen LogP contribution is 2.22. The number of hydrogen-bond donors (Lipinski definition) is 1. The second kappa shape index (κ2) is 8.15. The Bertz CT molecular complexity index is 436. The zero-order chi connectivity index (χ0) is 15.1. The van der Waals surface area contributed by atoms with Gasteiger partial charge in [-0.1, -0.05) is 37.3 Å². The number of likely N-dealkylation sites (tertiary alicyclic amines) is 1. The quantitative estimate of drug-likeness (QED) is 0.817. The van der Waals surface area contributed by atoms with Crippen molar-refractivity contribution < 1.29 is 9.53 Å². The Morgan fingerprint density at radius 1 is 1.38 bits per heavy atom. The van der Waals surface area contributed by atoms with Crippen LogP contribution in [0.5, 0.6) is 0 Å². The van der Waals surface area contributed by atoms with Gasteiger partial charge in [0.25, 0.3) is 0 Å². The van der Waals surface area contributed by atoms with E-state index in [2.05, 4.69) is 6.92 Å². The van der Waals surface area contributed by atoms with Crippen molar-refractivity contribution in [1.82, 2.24) is 4.90 Å². The van der Waals surface area contributed by atoms with E-state index >= 15 is 0 Å². The Hall–Kier alpha value is -1.39. The van der Waals surface area contributed by atoms with Crippen molar-refractivity contribution in [3.05, 3.63) is 35.9 Å². The number of amides is 1. The number of carbonyl (C=O) groups is 1. The number of hydrogen-bond acceptors (Lipinski definition) is 3. The number of nitrogens with two attached hydrogens (primary N) is 1. The molecule has 0 bridgehead atoms. The van der Waals surface area contributed by atoms with Crippen LogP contribution in [0.4, 0.5) is 0 Å². The van der Waals surface area contributed by atoms with Gasteiger partial charge in [-0.3, -0.25) is 4.79 Å². The van der Waals surface area contributed by atoms with Gasteiger partial charge in [-0.15, -0.1) is 0 Å². The number of benzene rings is 1. The standard InChI is InChI=1S/C17H26N2O2/c1-14-7-9-19(16(11-14)12-18)17(20)8-10-21-13-15-5-3-2-4-6-15/h2-6,14,16H,7-13,18H2,1H3. The lowest BCUT2D eigenvalue weighted by atomic mass is 9.92. The summed E-state index contributed by atoms with van der Waals surface area (Å²) < 4.78 is 5.59. The maximum atomic E-state index is 12.3. The van der Waals surface area contributed by atoms with Crippen LogP contribution in [-0.2, 0) is 16.1 Å². The highest BCUT2D eigenvalue weighted by Gasteiger charge is 2.28. The largest absolute Gasteiger partial charge is 0.376 e. The molecule has 1 aromatic rings. The van der Waals surface area contributed by atoms with Crippen LogP contribution in [0.25, 0.3) is 0 Å². The van der Waals surface area contributed by atoms with Gasteiger partial charge in [0.05, 0.1) is 19.6 Å². The summed E-state index contributed by atoms with van der Waals surface area (Å²) >= 11 is 0. The summed E-state index contributed by atoms with van der Waals surface area (Å²) in [5.74, 6) is 0.836. The Balaban J connectivity index is 1.71. The van der Waals surface area contributed by atoms with Crippen LogP contribution < -0.4 is 5.73 Å². The third kappa shape index (κ3) is 4.83. The summed E-state index contributed by atoms with van der Waals surface area (Å²) in [5.41, 5.74) is 6.94. The molecule has 4 nitrogen and oxygen atoms in total. The molecule has 2 rings (SSSR count). The molecule has 0 aromatic heterocycles. The predicted octanol–water partition coefficient (Wildman–Crippen LogP) is 2.18. The van der Waals surface area contributed by atoms with Gasteiger partial charge in [-0.2, -0.15) is 0 Å². The van der Waals surface area contributed by atoms with E-state index in [9.17, 15) is 4.79 Å². The molecule has 2 unspecified atom stereocenters. The normalized spacial score (nSPS) is 22.3. The molecule has 21 heavy (non-hydrogen) atoms. The van der Waals surface area contributed by atoms with Gasteiger partial charge in [0, 0.05) is 19.1 Å². The van der Waals surface area contributed by atoms with E-state index < -0.39 is 0 Å². The van der Waals surface area contributed by atoms with Gasteiger partial charge in [-0.25, -0.2) is 0 Å². The average molecular weight is 290 g/mol. The maximum Gasteiger partial charge on any atom is 0.225 e. The number of carbonyl (C=O) groups excluding carboxylic acids is 1. The summed E-state index contributed by atoms with van der Waals surface area (Å²) in [7, 11) is 0. The highest BCUT2D eigenvalue weighted by atomic mass is 16.5. The summed E-state index contributed by atoms with van der Waals surface area (Å²) in [6.45, 7) is 4.65. The van der Waals surface area contributed by atoms with Crippen molar-refractivity contribution in [2.75, 3.05) is 19.7 Å². The summed E-state index contributed by atoms with van der Waals surface area (Å²) in [5, 5.41) is 0. The molecule has 2 atom stereocenters. The van der Waals surface area contributed by atoms with E-state index in [1.165, 1.54) is 0 Å². The molecule has 1 aliphatic rings. The second-order valence-electron chi connectivity index (χ2n) is 5.89. The average Bonchev–Trinajstić information content (AvgIpc) is 2.52. The van der Waals surface area contributed by atoms with Crippen molar-refractivity contribution in [2.24, 2.45) is 11.7 Å². The third-order valence-electron chi connectivity index (χ3n) is 4.14. The first-order valence-electron chi connectivity index (χ1n) is 7.82. The Morgan fingerprint density at radius 3 is 2.86 bits per heavy atom. The van der Waals surface area contributed by atoms with Crippen molar-refractivity contribution in [2.45, 2.75) is 38.8 Å². The molecule has 1 saturated heterocycles. The van der Waals surface area contributed by atoms with Gasteiger partial charge in [0.1, 0.15) is 0 Å². The van der Waals surface area contributed by atoms with Crippen LogP contribution in [0, 0.1) is 5.92 Å². The SMILES string of the molecule is CC1CCN(C(=O)CCOCc2ccccc2)C(CN)C1. The van der Waals surface area contributed by atoms with E-state index in [0.29, 0.717) is 32.1 Å². The first-order chi connectivity index (χ1) is 10.2. The minimum absolute atomic E-state index is 0.172. The Morgan fingerprint density at radius 2 is 2.14 bits per heavy atom. The lowest BCUT2D eigenvalue weighted by Crippen LogP contribution is -2.49. The molecule has 0 saturated carbocycles. The minimum atomic E-state index is 0.172. The minimum Gasteiger partial charge on any atom is -0.376 e. The van der Waals surface area contributed by atoms with Crippen molar-refractivity contribution in [3.63, 3.8) is 0 Å². The number of nitrogens with zero attached hydrogens (tertiary/aromatic N) is 1. The van der Waals surface area contributed by atoms with Crippen molar-refractivity contribution in [3.8, 4) is 0 Å². The predicted molar refractivity (Wildman–Crippen MR) is 83.7 cm³/mol. The number of ether oxygens (including phenoxy) is 1. The van der Waals surface area contributed by atoms with Gasteiger partial charge < -0.3 is 15.4 Å². The lowest BCUT2D eigenvalue weighted by molar-refractivity contribution is -0.136. The smallest absolute Gasteiger partial charge is 0.225 e. The molecular formula is C17H26N2O2. The van der Waals surface area contributed by atoms with E-state index in [1.807, 2.05) is 35.2 Å². The molecular weight excluding hydrogens is 264 g/mol. The fraction of sp³-hybridized carbons (Fsp3) is 0.588. The van der Waals surface area contributed by atoms with Gasteiger partial charge in [0.2, 0.25) is 5.91 Å². The van der Waals surface area contributed by atoms with Crippen LogP contribution in [0.15, 0.2) is 30.3 Å². The first-order valence-corrected chi connectivity index (χ1v) is 7.82. The molecule has 1 aromatic carbocycles. The summed E-state index contributed by atoms with van der Waals surface area (Å²) in [6, 6.07) is 10.2. The van der Waals surface area contributed by atoms with Crippen molar-refractivity contribution in [1.29, 1.82) is 0 Å².